The number of hydrogen-bond donors (Lipinski definition) is 2. The van der Waals surface area contributed by atoms with Crippen LogP contribution >= 0.6 is 0 Å². The van der Waals surface area contributed by atoms with Gasteiger partial charge in [-0.15, -0.1) is 0 Å². The van der Waals surface area contributed by atoms with Crippen LogP contribution in [0.15, 0.2) is 28.9 Å². The van der Waals surface area contributed by atoms with Crippen LogP contribution in [0.1, 0.15) is 26.7 Å². The Morgan fingerprint density at radius 3 is 2.72 bits per heavy atom. The van der Waals surface area contributed by atoms with Crippen molar-refractivity contribution in [2.45, 2.75) is 6.54 Å². The van der Waals surface area contributed by atoms with E-state index in [-0.39, 0.29) is 17.4 Å². The summed E-state index contributed by atoms with van der Waals surface area (Å²) in [5.41, 5.74) is 0.843. The number of aromatic nitrogens is 2. The second kappa shape index (κ2) is 4.74. The second-order valence-electron chi connectivity index (χ2n) is 3.74. The van der Waals surface area contributed by atoms with Crippen molar-refractivity contribution in [2.75, 3.05) is 7.05 Å². The number of amides is 1. The first kappa shape index (κ1) is 11.9. The fourth-order valence-corrected chi connectivity index (χ4v) is 1.47. The molecule has 0 spiro atoms. The summed E-state index contributed by atoms with van der Waals surface area (Å²) in [6.07, 6.45) is 3.28. The van der Waals surface area contributed by atoms with Gasteiger partial charge in [-0.05, 0) is 12.1 Å². The van der Waals surface area contributed by atoms with Crippen LogP contribution in [-0.2, 0) is 6.54 Å². The van der Waals surface area contributed by atoms with Crippen molar-refractivity contribution in [1.29, 1.82) is 0 Å². The van der Waals surface area contributed by atoms with Gasteiger partial charge in [0.15, 0.2) is 5.76 Å². The predicted octanol–water partition coefficient (Wildman–Crippen LogP) is 0.973. The van der Waals surface area contributed by atoms with Crippen molar-refractivity contribution >= 4 is 11.9 Å². The van der Waals surface area contributed by atoms with E-state index in [9.17, 15) is 9.59 Å². The Morgan fingerprint density at radius 2 is 2.17 bits per heavy atom. The summed E-state index contributed by atoms with van der Waals surface area (Å²) in [4.78, 5) is 24.0. The molecule has 94 valence electrons. The molecule has 0 saturated carbocycles. The number of H-pyrrole nitrogens is 1. The van der Waals surface area contributed by atoms with Crippen molar-refractivity contribution in [3.63, 3.8) is 0 Å². The monoisotopic (exact) mass is 249 g/mol. The zero-order valence-corrected chi connectivity index (χ0v) is 9.58. The second-order valence-corrected chi connectivity index (χ2v) is 3.74. The van der Waals surface area contributed by atoms with Gasteiger partial charge < -0.3 is 14.4 Å². The van der Waals surface area contributed by atoms with E-state index in [1.165, 1.54) is 17.0 Å². The van der Waals surface area contributed by atoms with E-state index >= 15 is 0 Å². The molecule has 0 aromatic carbocycles. The standard InChI is InChI=1S/C11H11N3O4/c1-14(6-7-4-12-13-5-7)10(15)8-2-3-9(18-8)11(16)17/h2-5H,6H2,1H3,(H,12,13)(H,16,17). The summed E-state index contributed by atoms with van der Waals surface area (Å²) in [6.45, 7) is 0.360. The first-order valence-corrected chi connectivity index (χ1v) is 5.14. The largest absolute Gasteiger partial charge is 0.475 e. The maximum absolute atomic E-state index is 11.9. The highest BCUT2D eigenvalue weighted by atomic mass is 16.4. The number of aromatic carboxylic acids is 1. The summed E-state index contributed by atoms with van der Waals surface area (Å²) in [7, 11) is 1.60. The van der Waals surface area contributed by atoms with Gasteiger partial charge in [0.05, 0.1) is 6.20 Å². The summed E-state index contributed by atoms with van der Waals surface area (Å²) in [5.74, 6) is -1.84. The molecule has 2 heterocycles. The minimum Gasteiger partial charge on any atom is -0.475 e. The van der Waals surface area contributed by atoms with Crippen molar-refractivity contribution in [3.8, 4) is 0 Å². The molecule has 2 aromatic heterocycles. The Labute approximate surface area is 102 Å². The Hall–Kier alpha value is -2.57. The highest BCUT2D eigenvalue weighted by Gasteiger charge is 2.18. The van der Waals surface area contributed by atoms with Crippen LogP contribution in [0.5, 0.6) is 0 Å². The highest BCUT2D eigenvalue weighted by Crippen LogP contribution is 2.11. The van der Waals surface area contributed by atoms with Crippen LogP contribution in [0.2, 0.25) is 0 Å². The van der Waals surface area contributed by atoms with E-state index in [0.29, 0.717) is 6.54 Å². The first-order valence-electron chi connectivity index (χ1n) is 5.14. The molecule has 0 atom stereocenters. The van der Waals surface area contributed by atoms with Gasteiger partial charge in [-0.2, -0.15) is 5.10 Å². The van der Waals surface area contributed by atoms with Crippen molar-refractivity contribution in [2.24, 2.45) is 0 Å². The molecular formula is C11H11N3O4. The number of aromatic amines is 1. The lowest BCUT2D eigenvalue weighted by Crippen LogP contribution is -2.25. The summed E-state index contributed by atoms with van der Waals surface area (Å²) in [5, 5.41) is 15.1. The third-order valence-corrected chi connectivity index (χ3v) is 2.35. The maximum atomic E-state index is 11.9. The minimum absolute atomic E-state index is 0.00149. The van der Waals surface area contributed by atoms with Gasteiger partial charge in [0, 0.05) is 25.4 Å². The first-order chi connectivity index (χ1) is 8.58. The Balaban J connectivity index is 2.08. The quantitative estimate of drug-likeness (QED) is 0.841. The predicted molar refractivity (Wildman–Crippen MR) is 60.1 cm³/mol. The number of hydrogen-bond acceptors (Lipinski definition) is 4. The molecule has 0 saturated heterocycles. The lowest BCUT2D eigenvalue weighted by molar-refractivity contribution is 0.0653. The molecule has 1 amide bonds. The molecule has 0 radical (unpaired) electrons. The average molecular weight is 249 g/mol. The van der Waals surface area contributed by atoms with E-state index in [1.54, 1.807) is 19.4 Å². The van der Waals surface area contributed by atoms with Gasteiger partial charge in [0.25, 0.3) is 5.91 Å². The van der Waals surface area contributed by atoms with E-state index in [4.69, 9.17) is 9.52 Å². The zero-order chi connectivity index (χ0) is 13.1. The normalized spacial score (nSPS) is 10.3. The van der Waals surface area contributed by atoms with E-state index in [0.717, 1.165) is 5.56 Å². The number of furan rings is 1. The van der Waals surface area contributed by atoms with Crippen LogP contribution < -0.4 is 0 Å². The highest BCUT2D eigenvalue weighted by molar-refractivity contribution is 5.93. The molecule has 7 nitrogen and oxygen atoms in total. The Morgan fingerprint density at radius 1 is 1.44 bits per heavy atom. The van der Waals surface area contributed by atoms with E-state index in [1.807, 2.05) is 0 Å². The van der Waals surface area contributed by atoms with Gasteiger partial charge in [0.2, 0.25) is 5.76 Å². The fourth-order valence-electron chi connectivity index (χ4n) is 1.47. The van der Waals surface area contributed by atoms with E-state index < -0.39 is 5.97 Å². The van der Waals surface area contributed by atoms with Gasteiger partial charge in [0.1, 0.15) is 0 Å². The van der Waals surface area contributed by atoms with Crippen molar-refractivity contribution in [3.05, 3.63) is 41.6 Å². The molecule has 0 unspecified atom stereocenters. The molecule has 0 aliphatic heterocycles. The van der Waals surface area contributed by atoms with Crippen molar-refractivity contribution < 1.29 is 19.1 Å². The molecule has 7 heteroatoms. The smallest absolute Gasteiger partial charge is 0.371 e. The molecule has 18 heavy (non-hydrogen) atoms. The summed E-state index contributed by atoms with van der Waals surface area (Å²) >= 11 is 0. The number of nitrogens with zero attached hydrogens (tertiary/aromatic N) is 2. The van der Waals surface area contributed by atoms with Crippen LogP contribution in [0.3, 0.4) is 0 Å². The number of rotatable bonds is 4. The maximum Gasteiger partial charge on any atom is 0.371 e. The molecule has 2 aromatic rings. The van der Waals surface area contributed by atoms with Crippen LogP contribution in [0, 0.1) is 0 Å². The van der Waals surface area contributed by atoms with Gasteiger partial charge in [-0.1, -0.05) is 0 Å². The van der Waals surface area contributed by atoms with Crippen LogP contribution in [0.25, 0.3) is 0 Å². The molecule has 0 aliphatic rings. The SMILES string of the molecule is CN(Cc1cn[nH]c1)C(=O)c1ccc(C(=O)O)o1. The van der Waals surface area contributed by atoms with Gasteiger partial charge in [-0.25, -0.2) is 4.79 Å². The lowest BCUT2D eigenvalue weighted by Gasteiger charge is -2.14. The van der Waals surface area contributed by atoms with Gasteiger partial charge >= 0.3 is 5.97 Å². The van der Waals surface area contributed by atoms with Crippen LogP contribution in [0.4, 0.5) is 0 Å². The lowest BCUT2D eigenvalue weighted by atomic mass is 10.3. The molecule has 2 rings (SSSR count). The Bertz CT molecular complexity index is 559. The zero-order valence-electron chi connectivity index (χ0n) is 9.58. The van der Waals surface area contributed by atoms with Crippen molar-refractivity contribution in [1.82, 2.24) is 15.1 Å². The third-order valence-electron chi connectivity index (χ3n) is 2.35. The number of carboxylic acids is 1. The number of carbonyl (C=O) groups excluding carboxylic acids is 1. The summed E-state index contributed by atoms with van der Waals surface area (Å²) < 4.78 is 4.93. The number of carbonyl (C=O) groups is 2. The fraction of sp³-hybridized carbons (Fsp3) is 0.182. The molecule has 0 fully saturated rings. The molecule has 2 N–H and O–H groups in total. The third kappa shape index (κ3) is 2.40. The number of carboxylic acid groups (broad SMARTS) is 1. The minimum atomic E-state index is -1.20. The molecule has 0 bridgehead atoms. The number of nitrogens with one attached hydrogen (secondary N) is 1. The van der Waals surface area contributed by atoms with Crippen LogP contribution in [-0.4, -0.2) is 39.1 Å². The summed E-state index contributed by atoms with van der Waals surface area (Å²) in [6, 6.07) is 2.60. The molecule has 0 aliphatic carbocycles. The Kier molecular flexibility index (Phi) is 3.13. The average Bonchev–Trinajstić information content (AvgIpc) is 2.98. The topological polar surface area (TPSA) is 99.4 Å². The van der Waals surface area contributed by atoms with E-state index in [2.05, 4.69) is 10.2 Å². The molecular weight excluding hydrogens is 238 g/mol. The van der Waals surface area contributed by atoms with Gasteiger partial charge in [-0.3, -0.25) is 9.89 Å².